The molecule has 5 nitrogen and oxygen atoms in total. The van der Waals surface area contributed by atoms with Crippen molar-refractivity contribution in [3.8, 4) is 5.75 Å². The third kappa shape index (κ3) is 4.28. The van der Waals surface area contributed by atoms with Gasteiger partial charge in [-0.3, -0.25) is 4.79 Å². The Kier molecular flexibility index (Phi) is 4.94. The number of nitrogens with two attached hydrogens (primary N) is 1. The first-order valence-electron chi connectivity index (χ1n) is 7.52. The van der Waals surface area contributed by atoms with Gasteiger partial charge in [-0.2, -0.15) is 0 Å². The molecule has 1 fully saturated rings. The molecule has 0 aliphatic carbocycles. The van der Waals surface area contributed by atoms with Crippen LogP contribution in [0.25, 0.3) is 0 Å². The molecule has 1 saturated heterocycles. The molecule has 0 bridgehead atoms. The molecule has 0 unspecified atom stereocenters. The second kappa shape index (κ2) is 6.70. The number of carbonyl (C=O) groups excluding carboxylic acids is 1. The van der Waals surface area contributed by atoms with Crippen molar-refractivity contribution in [3.63, 3.8) is 0 Å². The lowest BCUT2D eigenvalue weighted by molar-refractivity contribution is -0.128. The average Bonchev–Trinajstić information content (AvgIpc) is 2.90. The number of hydrogen-bond acceptors (Lipinski definition) is 4. The number of nitrogens with zero attached hydrogens (tertiary/aromatic N) is 2. The SMILES string of the molecule is CC(C)Oc1cc(N)cc(N(C)CC(=O)N2CCCC2)c1. The van der Waals surface area contributed by atoms with Crippen LogP contribution in [0.15, 0.2) is 18.2 Å². The molecule has 1 aliphatic heterocycles. The normalized spacial score (nSPS) is 14.6. The standard InChI is InChI=1S/C16H25N3O2/c1-12(2)21-15-9-13(17)8-14(10-15)18(3)11-16(20)19-6-4-5-7-19/h8-10,12H,4-7,11,17H2,1-3H3. The molecule has 0 saturated carbocycles. The highest BCUT2D eigenvalue weighted by Gasteiger charge is 2.19. The molecule has 1 aromatic rings. The molecule has 2 N–H and O–H groups in total. The number of carbonyl (C=O) groups is 1. The first-order chi connectivity index (χ1) is 9.95. The largest absolute Gasteiger partial charge is 0.491 e. The van der Waals surface area contributed by atoms with Crippen molar-refractivity contribution in [2.24, 2.45) is 0 Å². The van der Waals surface area contributed by atoms with Crippen molar-refractivity contribution in [2.45, 2.75) is 32.8 Å². The molecule has 0 aromatic heterocycles. The molecule has 2 rings (SSSR count). The van der Waals surface area contributed by atoms with Gasteiger partial charge >= 0.3 is 0 Å². The van der Waals surface area contributed by atoms with Crippen molar-refractivity contribution in [1.82, 2.24) is 4.90 Å². The van der Waals surface area contributed by atoms with E-state index in [0.717, 1.165) is 37.4 Å². The maximum atomic E-state index is 12.2. The van der Waals surface area contributed by atoms with Gasteiger partial charge in [0.1, 0.15) is 5.75 Å². The Labute approximate surface area is 126 Å². The third-order valence-corrected chi connectivity index (χ3v) is 3.56. The first-order valence-corrected chi connectivity index (χ1v) is 7.52. The van der Waals surface area contributed by atoms with E-state index in [1.54, 1.807) is 6.07 Å². The Balaban J connectivity index is 2.05. The van der Waals surface area contributed by atoms with Crippen LogP contribution in [0.5, 0.6) is 5.75 Å². The molecule has 5 heteroatoms. The minimum Gasteiger partial charge on any atom is -0.491 e. The number of rotatable bonds is 5. The summed E-state index contributed by atoms with van der Waals surface area (Å²) < 4.78 is 5.69. The van der Waals surface area contributed by atoms with Crippen LogP contribution in [-0.2, 0) is 4.79 Å². The average molecular weight is 291 g/mol. The molecule has 1 amide bonds. The van der Waals surface area contributed by atoms with Gasteiger partial charge in [0.25, 0.3) is 0 Å². The number of nitrogen functional groups attached to an aromatic ring is 1. The molecule has 1 aromatic carbocycles. The molecule has 0 atom stereocenters. The zero-order chi connectivity index (χ0) is 15.4. The number of ether oxygens (including phenoxy) is 1. The van der Waals surface area contributed by atoms with Crippen molar-refractivity contribution < 1.29 is 9.53 Å². The van der Waals surface area contributed by atoms with Gasteiger partial charge in [-0.05, 0) is 32.8 Å². The van der Waals surface area contributed by atoms with E-state index >= 15 is 0 Å². The summed E-state index contributed by atoms with van der Waals surface area (Å²) in [5.74, 6) is 0.907. The van der Waals surface area contributed by atoms with Gasteiger partial charge in [-0.1, -0.05) is 0 Å². The lowest BCUT2D eigenvalue weighted by Crippen LogP contribution is -2.37. The summed E-state index contributed by atoms with van der Waals surface area (Å²) in [4.78, 5) is 16.0. The van der Waals surface area contributed by atoms with Gasteiger partial charge in [0, 0.05) is 43.6 Å². The van der Waals surface area contributed by atoms with E-state index in [1.807, 2.05) is 42.8 Å². The highest BCUT2D eigenvalue weighted by atomic mass is 16.5. The number of benzene rings is 1. The fourth-order valence-electron chi connectivity index (χ4n) is 2.53. The summed E-state index contributed by atoms with van der Waals surface area (Å²) in [6.07, 6.45) is 2.32. The molecular weight excluding hydrogens is 266 g/mol. The minimum atomic E-state index is 0.0937. The summed E-state index contributed by atoms with van der Waals surface area (Å²) in [7, 11) is 1.90. The zero-order valence-electron chi connectivity index (χ0n) is 13.1. The molecule has 1 heterocycles. The van der Waals surface area contributed by atoms with E-state index in [-0.39, 0.29) is 12.0 Å². The van der Waals surface area contributed by atoms with Gasteiger partial charge in [-0.25, -0.2) is 0 Å². The number of hydrogen-bond donors (Lipinski definition) is 1. The summed E-state index contributed by atoms with van der Waals surface area (Å²) in [6, 6.07) is 5.59. The lowest BCUT2D eigenvalue weighted by Gasteiger charge is -2.24. The zero-order valence-corrected chi connectivity index (χ0v) is 13.1. The van der Waals surface area contributed by atoms with Crippen molar-refractivity contribution >= 4 is 17.3 Å². The lowest BCUT2D eigenvalue weighted by atomic mass is 10.2. The number of likely N-dealkylation sites (N-methyl/N-ethyl adjacent to an activating group) is 1. The van der Waals surface area contributed by atoms with Crippen LogP contribution in [0.2, 0.25) is 0 Å². The van der Waals surface area contributed by atoms with Crippen LogP contribution in [0, 0.1) is 0 Å². The molecule has 116 valence electrons. The van der Waals surface area contributed by atoms with Crippen LogP contribution in [0.1, 0.15) is 26.7 Å². The molecule has 21 heavy (non-hydrogen) atoms. The Bertz CT molecular complexity index is 496. The van der Waals surface area contributed by atoms with E-state index < -0.39 is 0 Å². The van der Waals surface area contributed by atoms with Crippen molar-refractivity contribution in [1.29, 1.82) is 0 Å². The Morgan fingerprint density at radius 1 is 1.33 bits per heavy atom. The fraction of sp³-hybridized carbons (Fsp3) is 0.562. The maximum Gasteiger partial charge on any atom is 0.242 e. The van der Waals surface area contributed by atoms with Gasteiger partial charge in [0.05, 0.1) is 12.6 Å². The van der Waals surface area contributed by atoms with Gasteiger partial charge in [0.2, 0.25) is 5.91 Å². The number of anilines is 2. The minimum absolute atomic E-state index is 0.0937. The number of likely N-dealkylation sites (tertiary alicyclic amines) is 1. The van der Waals surface area contributed by atoms with Crippen molar-refractivity contribution in [2.75, 3.05) is 37.3 Å². The smallest absolute Gasteiger partial charge is 0.242 e. The first kappa shape index (κ1) is 15.5. The summed E-state index contributed by atoms with van der Waals surface area (Å²) in [5, 5.41) is 0. The van der Waals surface area contributed by atoms with E-state index in [2.05, 4.69) is 0 Å². The highest BCUT2D eigenvalue weighted by molar-refractivity contribution is 5.82. The fourth-order valence-corrected chi connectivity index (χ4v) is 2.53. The second-order valence-electron chi connectivity index (χ2n) is 5.87. The molecular formula is C16H25N3O2. The van der Waals surface area contributed by atoms with Gasteiger partial charge in [0.15, 0.2) is 0 Å². The van der Waals surface area contributed by atoms with E-state index in [1.165, 1.54) is 0 Å². The Hall–Kier alpha value is -1.91. The monoisotopic (exact) mass is 291 g/mol. The molecule has 0 radical (unpaired) electrons. The van der Waals surface area contributed by atoms with Crippen LogP contribution in [-0.4, -0.2) is 43.6 Å². The molecule has 1 aliphatic rings. The van der Waals surface area contributed by atoms with E-state index in [9.17, 15) is 4.79 Å². The topological polar surface area (TPSA) is 58.8 Å². The molecule has 0 spiro atoms. The summed E-state index contributed by atoms with van der Waals surface area (Å²) in [6.45, 7) is 6.08. The predicted octanol–water partition coefficient (Wildman–Crippen LogP) is 2.11. The van der Waals surface area contributed by atoms with E-state index in [0.29, 0.717) is 12.2 Å². The van der Waals surface area contributed by atoms with Gasteiger partial charge in [-0.15, -0.1) is 0 Å². The van der Waals surface area contributed by atoms with Crippen LogP contribution in [0.3, 0.4) is 0 Å². The Morgan fingerprint density at radius 3 is 2.62 bits per heavy atom. The third-order valence-electron chi connectivity index (χ3n) is 3.56. The predicted molar refractivity (Wildman–Crippen MR) is 85.7 cm³/mol. The van der Waals surface area contributed by atoms with Crippen LogP contribution < -0.4 is 15.4 Å². The highest BCUT2D eigenvalue weighted by Crippen LogP contribution is 2.26. The van der Waals surface area contributed by atoms with E-state index in [4.69, 9.17) is 10.5 Å². The number of amides is 1. The van der Waals surface area contributed by atoms with Crippen LogP contribution in [0.4, 0.5) is 11.4 Å². The summed E-state index contributed by atoms with van der Waals surface area (Å²) in [5.41, 5.74) is 7.47. The quantitative estimate of drug-likeness (QED) is 0.844. The second-order valence-corrected chi connectivity index (χ2v) is 5.87. The van der Waals surface area contributed by atoms with Crippen molar-refractivity contribution in [3.05, 3.63) is 18.2 Å². The van der Waals surface area contributed by atoms with Gasteiger partial charge < -0.3 is 20.3 Å². The maximum absolute atomic E-state index is 12.2. The van der Waals surface area contributed by atoms with Crippen LogP contribution >= 0.6 is 0 Å². The summed E-state index contributed by atoms with van der Waals surface area (Å²) >= 11 is 0. The Morgan fingerprint density at radius 2 is 2.00 bits per heavy atom.